The van der Waals surface area contributed by atoms with Crippen molar-refractivity contribution in [3.8, 4) is 0 Å². The first kappa shape index (κ1) is 21.4. The van der Waals surface area contributed by atoms with Crippen LogP contribution in [0.3, 0.4) is 0 Å². The van der Waals surface area contributed by atoms with Crippen molar-refractivity contribution in [2.24, 2.45) is 5.92 Å². The number of Topliss-reactive ketones (excluding diaryl/α,β-unsaturated/α-hetero) is 1. The topological polar surface area (TPSA) is 59.5 Å². The zero-order chi connectivity index (χ0) is 22.6. The summed E-state index contributed by atoms with van der Waals surface area (Å²) in [5.74, 6) is 0.704. The molecule has 0 saturated heterocycles. The highest BCUT2D eigenvalue weighted by Gasteiger charge is 2.53. The Bertz CT molecular complexity index is 1110. The summed E-state index contributed by atoms with van der Waals surface area (Å²) in [6, 6.07) is 13.3. The zero-order valence-corrected chi connectivity index (χ0v) is 20.1. The predicted molar refractivity (Wildman–Crippen MR) is 127 cm³/mol. The number of ketones is 1. The van der Waals surface area contributed by atoms with Crippen molar-refractivity contribution in [1.29, 1.82) is 0 Å². The van der Waals surface area contributed by atoms with Crippen LogP contribution < -0.4 is 4.90 Å². The fourth-order valence-corrected chi connectivity index (χ4v) is 5.76. The first-order valence-electron chi connectivity index (χ1n) is 11.3. The number of aromatic nitrogens is 1. The molecule has 2 aromatic rings. The number of fused-ring (bicyclic) bond motifs is 1. The number of amides is 1. The molecule has 1 fully saturated rings. The van der Waals surface area contributed by atoms with E-state index >= 15 is 0 Å². The number of rotatable bonds is 3. The van der Waals surface area contributed by atoms with E-state index in [-0.39, 0.29) is 29.5 Å². The summed E-state index contributed by atoms with van der Waals surface area (Å²) in [5, 5.41) is 0. The highest BCUT2D eigenvalue weighted by atomic mass is 79.9. The predicted octanol–water partition coefficient (Wildman–Crippen LogP) is 5.39. The smallest absolute Gasteiger partial charge is 0.295 e. The van der Waals surface area contributed by atoms with Gasteiger partial charge in [-0.2, -0.15) is 0 Å². The van der Waals surface area contributed by atoms with Crippen molar-refractivity contribution in [3.05, 3.63) is 70.6 Å². The van der Waals surface area contributed by atoms with Crippen molar-refractivity contribution in [1.82, 2.24) is 4.98 Å². The lowest BCUT2D eigenvalue weighted by molar-refractivity contribution is -0.131. The highest BCUT2D eigenvalue weighted by molar-refractivity contribution is 9.09. The summed E-state index contributed by atoms with van der Waals surface area (Å²) in [5.41, 5.74) is 3.42. The number of anilines is 1. The van der Waals surface area contributed by atoms with E-state index in [0.29, 0.717) is 22.1 Å². The van der Waals surface area contributed by atoms with E-state index in [2.05, 4.69) is 46.9 Å². The second-order valence-electron chi connectivity index (χ2n) is 9.32. The molecule has 3 aliphatic rings. The van der Waals surface area contributed by atoms with Gasteiger partial charge in [0, 0.05) is 10.5 Å². The molecule has 32 heavy (non-hydrogen) atoms. The summed E-state index contributed by atoms with van der Waals surface area (Å²) in [6.07, 6.45) is 2.21. The number of pyridine rings is 1. The third kappa shape index (κ3) is 3.49. The van der Waals surface area contributed by atoms with Gasteiger partial charge in [0.1, 0.15) is 11.9 Å². The number of halogens is 1. The van der Waals surface area contributed by atoms with Crippen LogP contribution in [0.25, 0.3) is 0 Å². The van der Waals surface area contributed by atoms with Gasteiger partial charge in [-0.1, -0.05) is 60.1 Å². The van der Waals surface area contributed by atoms with Gasteiger partial charge in [-0.15, -0.1) is 0 Å². The van der Waals surface area contributed by atoms with E-state index < -0.39 is 6.04 Å². The second kappa shape index (κ2) is 8.14. The number of ether oxygens (including phenoxy) is 1. The lowest BCUT2D eigenvalue weighted by Gasteiger charge is -2.37. The summed E-state index contributed by atoms with van der Waals surface area (Å²) in [6.45, 7) is 6.20. The van der Waals surface area contributed by atoms with Crippen molar-refractivity contribution >= 4 is 33.4 Å². The Morgan fingerprint density at radius 3 is 2.53 bits per heavy atom. The summed E-state index contributed by atoms with van der Waals surface area (Å²) < 4.78 is 6.26. The molecule has 0 N–H and O–H groups in total. The molecule has 166 valence electrons. The molecule has 6 heteroatoms. The van der Waals surface area contributed by atoms with Crippen LogP contribution in [0.1, 0.15) is 61.9 Å². The molecule has 5 nitrogen and oxygen atoms in total. The summed E-state index contributed by atoms with van der Waals surface area (Å²) >= 11 is 3.69. The van der Waals surface area contributed by atoms with Crippen LogP contribution in [0.5, 0.6) is 0 Å². The van der Waals surface area contributed by atoms with Crippen LogP contribution in [0.2, 0.25) is 0 Å². The van der Waals surface area contributed by atoms with Crippen molar-refractivity contribution < 1.29 is 14.3 Å². The molecule has 4 atom stereocenters. The SMILES string of the molecule is Cc1cccc(N2C(=O)C3=C(C(=O)C4CC(Br)CCC4O3)C2c2ccc(C(C)C)cc2)n1. The number of hydrogen-bond acceptors (Lipinski definition) is 4. The molecule has 4 unspecified atom stereocenters. The van der Waals surface area contributed by atoms with E-state index in [9.17, 15) is 9.59 Å². The van der Waals surface area contributed by atoms with Gasteiger partial charge in [0.2, 0.25) is 0 Å². The Labute approximate surface area is 197 Å². The van der Waals surface area contributed by atoms with E-state index in [1.165, 1.54) is 5.56 Å². The van der Waals surface area contributed by atoms with Gasteiger partial charge in [0.05, 0.1) is 17.5 Å². The molecule has 1 amide bonds. The van der Waals surface area contributed by atoms with Crippen molar-refractivity contribution in [2.75, 3.05) is 4.90 Å². The Hall–Kier alpha value is -2.47. The standard InChI is InChI=1S/C26H27BrN2O3/c1-14(2)16-7-9-17(10-8-16)23-22-24(30)19-13-18(27)11-12-20(19)32-25(22)26(31)29(23)21-6-4-5-15(3)28-21/h4-10,14,18-20,23H,11-13H2,1-3H3. The minimum Gasteiger partial charge on any atom is -0.483 e. The molecule has 0 radical (unpaired) electrons. The number of benzene rings is 1. The molecule has 2 aliphatic heterocycles. The quantitative estimate of drug-likeness (QED) is 0.536. The van der Waals surface area contributed by atoms with Crippen LogP contribution in [0.4, 0.5) is 5.82 Å². The fraction of sp³-hybridized carbons (Fsp3) is 0.423. The number of carbonyl (C=O) groups is 2. The van der Waals surface area contributed by atoms with E-state index in [1.807, 2.05) is 37.3 Å². The van der Waals surface area contributed by atoms with Gasteiger partial charge in [-0.05, 0) is 55.4 Å². The summed E-state index contributed by atoms with van der Waals surface area (Å²) in [7, 11) is 0. The average molecular weight is 495 g/mol. The van der Waals surface area contributed by atoms with Gasteiger partial charge >= 0.3 is 0 Å². The number of nitrogens with zero attached hydrogens (tertiary/aromatic N) is 2. The number of alkyl halides is 1. The van der Waals surface area contributed by atoms with Gasteiger partial charge < -0.3 is 4.74 Å². The maximum Gasteiger partial charge on any atom is 0.295 e. The largest absolute Gasteiger partial charge is 0.483 e. The molecule has 1 aliphatic carbocycles. The van der Waals surface area contributed by atoms with Crippen LogP contribution in [0.15, 0.2) is 53.8 Å². The molecule has 1 aromatic heterocycles. The van der Waals surface area contributed by atoms with Crippen LogP contribution in [-0.4, -0.2) is 27.6 Å². The monoisotopic (exact) mass is 494 g/mol. The van der Waals surface area contributed by atoms with Crippen LogP contribution in [-0.2, 0) is 14.3 Å². The van der Waals surface area contributed by atoms with Gasteiger partial charge in [-0.3, -0.25) is 14.5 Å². The van der Waals surface area contributed by atoms with Gasteiger partial charge in [-0.25, -0.2) is 4.98 Å². The first-order chi connectivity index (χ1) is 15.3. The van der Waals surface area contributed by atoms with E-state index in [1.54, 1.807) is 4.90 Å². The molecule has 1 saturated carbocycles. The zero-order valence-electron chi connectivity index (χ0n) is 18.5. The van der Waals surface area contributed by atoms with Gasteiger partial charge in [0.15, 0.2) is 11.5 Å². The van der Waals surface area contributed by atoms with E-state index in [4.69, 9.17) is 4.74 Å². The Kier molecular flexibility index (Phi) is 5.44. The molecule has 0 bridgehead atoms. The first-order valence-corrected chi connectivity index (χ1v) is 12.2. The minimum absolute atomic E-state index is 0.0434. The Morgan fingerprint density at radius 1 is 1.09 bits per heavy atom. The lowest BCUT2D eigenvalue weighted by Crippen LogP contribution is -2.41. The normalized spacial score (nSPS) is 27.5. The lowest BCUT2D eigenvalue weighted by atomic mass is 9.77. The third-order valence-corrected chi connectivity index (χ3v) is 7.65. The third-order valence-electron chi connectivity index (χ3n) is 6.82. The molecular formula is C26H27BrN2O3. The second-order valence-corrected chi connectivity index (χ2v) is 10.6. The molecule has 5 rings (SSSR count). The van der Waals surface area contributed by atoms with E-state index in [0.717, 1.165) is 30.5 Å². The number of hydrogen-bond donors (Lipinski definition) is 0. The van der Waals surface area contributed by atoms with Crippen LogP contribution >= 0.6 is 15.9 Å². The maximum atomic E-state index is 13.8. The van der Waals surface area contributed by atoms with Gasteiger partial charge in [0.25, 0.3) is 5.91 Å². The maximum absolute atomic E-state index is 13.8. The molecule has 3 heterocycles. The number of carbonyl (C=O) groups excluding carboxylic acids is 2. The van der Waals surface area contributed by atoms with Crippen molar-refractivity contribution in [2.45, 2.75) is 62.9 Å². The molecule has 0 spiro atoms. The summed E-state index contributed by atoms with van der Waals surface area (Å²) in [4.78, 5) is 34.0. The minimum atomic E-state index is -0.530. The Morgan fingerprint density at radius 2 is 1.84 bits per heavy atom. The van der Waals surface area contributed by atoms with Crippen LogP contribution in [0, 0.1) is 12.8 Å². The number of aryl methyl sites for hydroxylation is 1. The Balaban J connectivity index is 1.63. The molecular weight excluding hydrogens is 468 g/mol. The van der Waals surface area contributed by atoms with Crippen molar-refractivity contribution in [3.63, 3.8) is 0 Å². The highest BCUT2D eigenvalue weighted by Crippen LogP contribution is 2.48. The fourth-order valence-electron chi connectivity index (χ4n) is 5.09. The average Bonchev–Trinajstić information content (AvgIpc) is 3.07. The molecule has 1 aromatic carbocycles.